The predicted molar refractivity (Wildman–Crippen MR) is 108 cm³/mol. The average molecular weight is 411 g/mol. The lowest BCUT2D eigenvalue weighted by molar-refractivity contribution is -0.132. The van der Waals surface area contributed by atoms with Crippen molar-refractivity contribution in [3.63, 3.8) is 0 Å². The van der Waals surface area contributed by atoms with Gasteiger partial charge in [0.25, 0.3) is 0 Å². The molecule has 6 nitrogen and oxygen atoms in total. The Bertz CT molecular complexity index is 775. The summed E-state index contributed by atoms with van der Waals surface area (Å²) in [6, 6.07) is 4.71. The number of carbonyl (C=O) groups excluding carboxylic acids is 1. The molecular weight excluding hydrogens is 383 g/mol. The molecule has 1 amide bonds. The molecule has 0 saturated carbocycles. The van der Waals surface area contributed by atoms with Gasteiger partial charge in [0.2, 0.25) is 17.6 Å². The number of rotatable bonds is 7. The fourth-order valence-electron chi connectivity index (χ4n) is 3.45. The third-order valence-electron chi connectivity index (χ3n) is 5.21. The number of hydrogen-bond donors (Lipinski definition) is 1. The molecule has 0 atom stereocenters. The summed E-state index contributed by atoms with van der Waals surface area (Å²) in [6.45, 7) is 4.39. The summed E-state index contributed by atoms with van der Waals surface area (Å²) in [5, 5.41) is 7.13. The van der Waals surface area contributed by atoms with Crippen LogP contribution in [-0.2, 0) is 11.2 Å². The molecule has 1 saturated heterocycles. The molecule has 0 bridgehead atoms. The zero-order valence-corrected chi connectivity index (χ0v) is 17.2. The van der Waals surface area contributed by atoms with E-state index in [-0.39, 0.29) is 24.1 Å². The highest BCUT2D eigenvalue weighted by molar-refractivity contribution is 5.85. The zero-order chi connectivity index (χ0) is 19.2. The minimum atomic E-state index is -0.261. The van der Waals surface area contributed by atoms with Gasteiger partial charge in [-0.15, -0.1) is 12.4 Å². The Kier molecular flexibility index (Phi) is 8.38. The van der Waals surface area contributed by atoms with Gasteiger partial charge in [-0.1, -0.05) is 5.16 Å². The van der Waals surface area contributed by atoms with Crippen LogP contribution in [0.1, 0.15) is 37.1 Å². The van der Waals surface area contributed by atoms with E-state index in [4.69, 9.17) is 4.52 Å². The molecule has 1 aromatic carbocycles. The number of piperidine rings is 1. The Balaban J connectivity index is 0.00000280. The van der Waals surface area contributed by atoms with Crippen LogP contribution in [-0.4, -0.2) is 47.6 Å². The van der Waals surface area contributed by atoms with E-state index >= 15 is 0 Å². The summed E-state index contributed by atoms with van der Waals surface area (Å²) in [4.78, 5) is 18.7. The van der Waals surface area contributed by atoms with Gasteiger partial charge in [0.1, 0.15) is 5.82 Å². The minimum absolute atomic E-state index is 0. The van der Waals surface area contributed by atoms with Crippen LogP contribution in [0.3, 0.4) is 0 Å². The molecule has 1 aliphatic heterocycles. The first-order valence-corrected chi connectivity index (χ1v) is 9.58. The second-order valence-electron chi connectivity index (χ2n) is 7.19. The van der Waals surface area contributed by atoms with Crippen molar-refractivity contribution >= 4 is 18.3 Å². The molecular formula is C20H28ClFN4O2. The third-order valence-corrected chi connectivity index (χ3v) is 5.21. The molecule has 1 fully saturated rings. The van der Waals surface area contributed by atoms with Gasteiger partial charge in [0.05, 0.1) is 0 Å². The number of halogens is 2. The number of aromatic nitrogens is 2. The number of likely N-dealkylation sites (tertiary alicyclic amines) is 1. The maximum absolute atomic E-state index is 13.4. The van der Waals surface area contributed by atoms with Gasteiger partial charge in [-0.05, 0) is 69.5 Å². The summed E-state index contributed by atoms with van der Waals surface area (Å²) in [6.07, 6.45) is 4.10. The van der Waals surface area contributed by atoms with Crippen LogP contribution in [0.25, 0.3) is 11.4 Å². The Hall–Kier alpha value is -1.99. The molecule has 8 heteroatoms. The van der Waals surface area contributed by atoms with Gasteiger partial charge >= 0.3 is 0 Å². The first kappa shape index (κ1) is 22.3. The maximum Gasteiger partial charge on any atom is 0.227 e. The number of amides is 1. The van der Waals surface area contributed by atoms with Gasteiger partial charge in [0.15, 0.2) is 0 Å². The summed E-state index contributed by atoms with van der Waals surface area (Å²) in [7, 11) is 1.97. The summed E-state index contributed by atoms with van der Waals surface area (Å²) in [5.41, 5.74) is 1.24. The Morgan fingerprint density at radius 1 is 1.36 bits per heavy atom. The minimum Gasteiger partial charge on any atom is -0.343 e. The molecule has 2 aromatic rings. The summed E-state index contributed by atoms with van der Waals surface area (Å²) >= 11 is 0. The van der Waals surface area contributed by atoms with Crippen molar-refractivity contribution in [2.24, 2.45) is 5.92 Å². The molecule has 0 spiro atoms. The number of nitrogens with zero attached hydrogens (tertiary/aromatic N) is 3. The topological polar surface area (TPSA) is 71.3 Å². The molecule has 0 aliphatic carbocycles. The Morgan fingerprint density at radius 2 is 2.11 bits per heavy atom. The van der Waals surface area contributed by atoms with E-state index in [1.165, 1.54) is 12.5 Å². The van der Waals surface area contributed by atoms with Crippen molar-refractivity contribution < 1.29 is 13.7 Å². The molecule has 0 radical (unpaired) electrons. The molecule has 2 heterocycles. The van der Waals surface area contributed by atoms with Crippen molar-refractivity contribution in [1.82, 2.24) is 20.4 Å². The van der Waals surface area contributed by atoms with Crippen molar-refractivity contribution in [3.05, 3.63) is 35.5 Å². The van der Waals surface area contributed by atoms with Crippen molar-refractivity contribution in [3.8, 4) is 11.4 Å². The zero-order valence-electron chi connectivity index (χ0n) is 16.4. The Morgan fingerprint density at radius 3 is 2.79 bits per heavy atom. The number of aryl methyl sites for hydroxylation is 2. The fourth-order valence-corrected chi connectivity index (χ4v) is 3.45. The van der Waals surface area contributed by atoms with E-state index in [2.05, 4.69) is 15.5 Å². The predicted octanol–water partition coefficient (Wildman–Crippen LogP) is 3.39. The highest BCUT2D eigenvalue weighted by Crippen LogP contribution is 2.22. The van der Waals surface area contributed by atoms with E-state index in [9.17, 15) is 9.18 Å². The van der Waals surface area contributed by atoms with E-state index in [0.717, 1.165) is 32.5 Å². The van der Waals surface area contributed by atoms with Gasteiger partial charge in [-0.2, -0.15) is 4.98 Å². The largest absolute Gasteiger partial charge is 0.343 e. The van der Waals surface area contributed by atoms with Crippen LogP contribution >= 0.6 is 12.4 Å². The van der Waals surface area contributed by atoms with Crippen LogP contribution in [0.2, 0.25) is 0 Å². The molecule has 3 rings (SSSR count). The third kappa shape index (κ3) is 5.75. The average Bonchev–Trinajstić information content (AvgIpc) is 3.16. The van der Waals surface area contributed by atoms with Crippen LogP contribution in [0.15, 0.2) is 22.7 Å². The lowest BCUT2D eigenvalue weighted by Crippen LogP contribution is -2.39. The molecule has 1 aliphatic rings. The smallest absolute Gasteiger partial charge is 0.227 e. The monoisotopic (exact) mass is 410 g/mol. The van der Waals surface area contributed by atoms with Gasteiger partial charge in [0, 0.05) is 31.5 Å². The summed E-state index contributed by atoms with van der Waals surface area (Å²) < 4.78 is 18.6. The number of carbonyl (C=O) groups is 1. The van der Waals surface area contributed by atoms with E-state index in [0.29, 0.717) is 41.6 Å². The van der Waals surface area contributed by atoms with Gasteiger partial charge in [-0.3, -0.25) is 4.79 Å². The van der Waals surface area contributed by atoms with Gasteiger partial charge < -0.3 is 14.7 Å². The van der Waals surface area contributed by atoms with Crippen molar-refractivity contribution in [1.29, 1.82) is 0 Å². The summed E-state index contributed by atoms with van der Waals surface area (Å²) in [5.74, 6) is 1.44. The second-order valence-corrected chi connectivity index (χ2v) is 7.19. The van der Waals surface area contributed by atoms with Crippen LogP contribution in [0.5, 0.6) is 0 Å². The quantitative estimate of drug-likeness (QED) is 0.757. The maximum atomic E-state index is 13.4. The molecule has 154 valence electrons. The van der Waals surface area contributed by atoms with Gasteiger partial charge in [-0.25, -0.2) is 4.39 Å². The standard InChI is InChI=1S/C20H27FN4O2.ClH/c1-14-13-16(3-4-17(14)21)20-23-18(27-24-20)5-6-19(26)25-11-8-15(9-12-25)7-10-22-2;/h3-4,13,15,22H,5-12H2,1-2H3;1H. The van der Waals surface area contributed by atoms with Crippen molar-refractivity contribution in [2.75, 3.05) is 26.7 Å². The lowest BCUT2D eigenvalue weighted by atomic mass is 9.93. The van der Waals surface area contributed by atoms with Crippen LogP contribution in [0.4, 0.5) is 4.39 Å². The normalized spacial score (nSPS) is 14.8. The lowest BCUT2D eigenvalue weighted by Gasteiger charge is -2.32. The molecule has 0 unspecified atom stereocenters. The number of hydrogen-bond acceptors (Lipinski definition) is 5. The van der Waals surface area contributed by atoms with Crippen molar-refractivity contribution in [2.45, 2.75) is 39.0 Å². The van der Waals surface area contributed by atoms with Crippen LogP contribution in [0, 0.1) is 18.7 Å². The molecule has 1 aromatic heterocycles. The highest BCUT2D eigenvalue weighted by atomic mass is 35.5. The number of nitrogens with one attached hydrogen (secondary N) is 1. The SMILES string of the molecule is CNCCC1CCN(C(=O)CCc2nc(-c3ccc(F)c(C)c3)no2)CC1.Cl. The van der Waals surface area contributed by atoms with E-state index < -0.39 is 0 Å². The second kappa shape index (κ2) is 10.5. The first-order chi connectivity index (χ1) is 13.1. The van der Waals surface area contributed by atoms with E-state index in [1.807, 2.05) is 11.9 Å². The molecule has 28 heavy (non-hydrogen) atoms. The number of benzene rings is 1. The highest BCUT2D eigenvalue weighted by Gasteiger charge is 2.22. The van der Waals surface area contributed by atoms with Crippen LogP contribution < -0.4 is 5.32 Å². The Labute approximate surface area is 171 Å². The molecule has 1 N–H and O–H groups in total. The fraction of sp³-hybridized carbons (Fsp3) is 0.550. The first-order valence-electron chi connectivity index (χ1n) is 9.58. The van der Waals surface area contributed by atoms with E-state index in [1.54, 1.807) is 19.1 Å².